The summed E-state index contributed by atoms with van der Waals surface area (Å²) in [6, 6.07) is 17.6. The first-order chi connectivity index (χ1) is 12.6. The summed E-state index contributed by atoms with van der Waals surface area (Å²) in [5.74, 6) is -0.0388. The second-order valence-corrected chi connectivity index (χ2v) is 6.70. The van der Waals surface area contributed by atoms with Crippen LogP contribution in [-0.2, 0) is 11.3 Å². The van der Waals surface area contributed by atoms with Gasteiger partial charge in [-0.2, -0.15) is 0 Å². The van der Waals surface area contributed by atoms with Crippen LogP contribution in [0.25, 0.3) is 0 Å². The van der Waals surface area contributed by atoms with E-state index in [0.717, 1.165) is 26.1 Å². The van der Waals surface area contributed by atoms with E-state index in [1.807, 2.05) is 6.07 Å². The van der Waals surface area contributed by atoms with Crippen LogP contribution in [0.1, 0.15) is 35.7 Å². The zero-order valence-electron chi connectivity index (χ0n) is 15.1. The maximum atomic E-state index is 12.6. The van der Waals surface area contributed by atoms with E-state index in [2.05, 4.69) is 40.6 Å². The number of hydrogen-bond donors (Lipinski definition) is 1. The van der Waals surface area contributed by atoms with Crippen molar-refractivity contribution in [2.75, 3.05) is 18.4 Å². The van der Waals surface area contributed by atoms with Crippen LogP contribution in [0.4, 0.5) is 5.69 Å². The third-order valence-electron chi connectivity index (χ3n) is 4.53. The van der Waals surface area contributed by atoms with Gasteiger partial charge in [0, 0.05) is 44.2 Å². The van der Waals surface area contributed by atoms with Crippen molar-refractivity contribution >= 4 is 17.4 Å². The van der Waals surface area contributed by atoms with E-state index in [0.29, 0.717) is 17.7 Å². The predicted octanol–water partition coefficient (Wildman–Crippen LogP) is 4.05. The summed E-state index contributed by atoms with van der Waals surface area (Å²) in [5, 5.41) is 2.72. The maximum Gasteiger partial charge on any atom is 0.221 e. The summed E-state index contributed by atoms with van der Waals surface area (Å²) < 4.78 is 0. The Morgan fingerprint density at radius 3 is 2.58 bits per heavy atom. The highest BCUT2D eigenvalue weighted by Crippen LogP contribution is 2.20. The molecule has 4 heteroatoms. The Morgan fingerprint density at radius 2 is 1.88 bits per heavy atom. The lowest BCUT2D eigenvalue weighted by Gasteiger charge is -2.26. The van der Waals surface area contributed by atoms with Crippen molar-refractivity contribution in [3.8, 4) is 0 Å². The predicted molar refractivity (Wildman–Crippen MR) is 104 cm³/mol. The van der Waals surface area contributed by atoms with E-state index in [4.69, 9.17) is 0 Å². The fourth-order valence-corrected chi connectivity index (χ4v) is 3.18. The molecule has 0 saturated carbocycles. The molecule has 1 amide bonds. The molecular formula is C22H24N2O2. The molecule has 0 aliphatic carbocycles. The second-order valence-electron chi connectivity index (χ2n) is 6.70. The highest BCUT2D eigenvalue weighted by Gasteiger charge is 2.15. The quantitative estimate of drug-likeness (QED) is 0.633. The van der Waals surface area contributed by atoms with Crippen LogP contribution in [0.3, 0.4) is 0 Å². The third-order valence-corrected chi connectivity index (χ3v) is 4.53. The van der Waals surface area contributed by atoms with Crippen molar-refractivity contribution < 1.29 is 9.59 Å². The number of anilines is 1. The molecule has 0 unspecified atom stereocenters. The second kappa shape index (κ2) is 8.59. The smallest absolute Gasteiger partial charge is 0.221 e. The lowest BCUT2D eigenvalue weighted by molar-refractivity contribution is -0.114. The molecule has 2 aromatic rings. The van der Waals surface area contributed by atoms with E-state index < -0.39 is 0 Å². The number of carbonyl (C=O) groups is 2. The monoisotopic (exact) mass is 348 g/mol. The Balaban J connectivity index is 1.56. The standard InChI is InChI=1S/C22H24N2O2/c1-17(25)23-21-9-5-8-20(15-21)22(26)14-18-10-12-24(13-11-18)16-19-6-3-2-4-7-19/h2-10,15H,11-14,16H2,1H3,(H,23,25). The molecule has 1 heterocycles. The number of hydrogen-bond acceptors (Lipinski definition) is 3. The number of nitrogens with one attached hydrogen (secondary N) is 1. The molecule has 0 aromatic heterocycles. The minimum absolute atomic E-state index is 0.0972. The molecule has 0 spiro atoms. The highest BCUT2D eigenvalue weighted by molar-refractivity contribution is 5.99. The number of amides is 1. The molecule has 134 valence electrons. The minimum atomic E-state index is -0.136. The molecule has 1 aliphatic rings. The molecule has 2 aromatic carbocycles. The van der Waals surface area contributed by atoms with E-state index >= 15 is 0 Å². The number of Topliss-reactive ketones (excluding diaryl/α,β-unsaturated/α-hetero) is 1. The largest absolute Gasteiger partial charge is 0.326 e. The van der Waals surface area contributed by atoms with Crippen molar-refractivity contribution in [2.45, 2.75) is 26.3 Å². The van der Waals surface area contributed by atoms with Crippen LogP contribution in [0.15, 0.2) is 66.2 Å². The number of nitrogens with zero attached hydrogens (tertiary/aromatic N) is 1. The molecule has 0 radical (unpaired) electrons. The van der Waals surface area contributed by atoms with E-state index in [1.165, 1.54) is 18.1 Å². The van der Waals surface area contributed by atoms with E-state index in [-0.39, 0.29) is 11.7 Å². The van der Waals surface area contributed by atoms with Gasteiger partial charge in [-0.05, 0) is 24.1 Å². The number of ketones is 1. The van der Waals surface area contributed by atoms with Crippen LogP contribution in [0, 0.1) is 0 Å². The molecule has 0 bridgehead atoms. The first-order valence-electron chi connectivity index (χ1n) is 8.95. The number of benzene rings is 2. The molecule has 26 heavy (non-hydrogen) atoms. The molecule has 3 rings (SSSR count). The average Bonchev–Trinajstić information content (AvgIpc) is 2.64. The van der Waals surface area contributed by atoms with Crippen LogP contribution in [0.2, 0.25) is 0 Å². The van der Waals surface area contributed by atoms with E-state index in [9.17, 15) is 9.59 Å². The minimum Gasteiger partial charge on any atom is -0.326 e. The van der Waals surface area contributed by atoms with Gasteiger partial charge in [-0.15, -0.1) is 0 Å². The lowest BCUT2D eigenvalue weighted by Crippen LogP contribution is -2.28. The van der Waals surface area contributed by atoms with Crippen LogP contribution >= 0.6 is 0 Å². The van der Waals surface area contributed by atoms with Gasteiger partial charge in [-0.1, -0.05) is 54.1 Å². The Bertz CT molecular complexity index is 812. The van der Waals surface area contributed by atoms with Gasteiger partial charge in [0.05, 0.1) is 0 Å². The van der Waals surface area contributed by atoms with Crippen LogP contribution in [0.5, 0.6) is 0 Å². The van der Waals surface area contributed by atoms with Crippen LogP contribution < -0.4 is 5.32 Å². The summed E-state index contributed by atoms with van der Waals surface area (Å²) in [6.07, 6.45) is 3.55. The zero-order valence-corrected chi connectivity index (χ0v) is 15.1. The topological polar surface area (TPSA) is 49.4 Å². The van der Waals surface area contributed by atoms with Gasteiger partial charge in [-0.3, -0.25) is 14.5 Å². The van der Waals surface area contributed by atoms with Crippen LogP contribution in [-0.4, -0.2) is 29.7 Å². The zero-order chi connectivity index (χ0) is 18.4. The first-order valence-corrected chi connectivity index (χ1v) is 8.95. The van der Waals surface area contributed by atoms with Gasteiger partial charge in [0.2, 0.25) is 5.91 Å². The summed E-state index contributed by atoms with van der Waals surface area (Å²) in [7, 11) is 0. The molecule has 1 N–H and O–H groups in total. The molecule has 0 fully saturated rings. The van der Waals surface area contributed by atoms with Crippen molar-refractivity contribution in [1.82, 2.24) is 4.90 Å². The SMILES string of the molecule is CC(=O)Nc1cccc(C(=O)CC2=CCN(Cc3ccccc3)CC2)c1. The summed E-state index contributed by atoms with van der Waals surface area (Å²) >= 11 is 0. The highest BCUT2D eigenvalue weighted by atomic mass is 16.1. The maximum absolute atomic E-state index is 12.6. The third kappa shape index (κ3) is 5.14. The average molecular weight is 348 g/mol. The van der Waals surface area contributed by atoms with Gasteiger partial charge in [0.15, 0.2) is 5.78 Å². The lowest BCUT2D eigenvalue weighted by atomic mass is 9.98. The molecule has 4 nitrogen and oxygen atoms in total. The van der Waals surface area contributed by atoms with Gasteiger partial charge >= 0.3 is 0 Å². The molecule has 0 atom stereocenters. The fraction of sp³-hybridized carbons (Fsp3) is 0.273. The first kappa shape index (κ1) is 18.1. The Labute approximate surface area is 154 Å². The van der Waals surface area contributed by atoms with Crippen molar-refractivity contribution in [3.05, 3.63) is 77.4 Å². The summed E-state index contributed by atoms with van der Waals surface area (Å²) in [5.41, 5.74) is 3.82. The fourth-order valence-electron chi connectivity index (χ4n) is 3.18. The van der Waals surface area contributed by atoms with Gasteiger partial charge in [0.1, 0.15) is 0 Å². The Morgan fingerprint density at radius 1 is 1.08 bits per heavy atom. The van der Waals surface area contributed by atoms with E-state index in [1.54, 1.807) is 24.3 Å². The van der Waals surface area contributed by atoms with Gasteiger partial charge < -0.3 is 5.32 Å². The van der Waals surface area contributed by atoms with Gasteiger partial charge in [0.25, 0.3) is 0 Å². The van der Waals surface area contributed by atoms with Gasteiger partial charge in [-0.25, -0.2) is 0 Å². The normalized spacial score (nSPS) is 14.6. The molecular weight excluding hydrogens is 324 g/mol. The molecule has 1 aliphatic heterocycles. The van der Waals surface area contributed by atoms with Crippen molar-refractivity contribution in [3.63, 3.8) is 0 Å². The molecule has 0 saturated heterocycles. The summed E-state index contributed by atoms with van der Waals surface area (Å²) in [6.45, 7) is 4.25. The van der Waals surface area contributed by atoms with Crippen molar-refractivity contribution in [2.24, 2.45) is 0 Å². The number of carbonyl (C=O) groups excluding carboxylic acids is 2. The number of rotatable bonds is 6. The Hall–Kier alpha value is -2.72. The van der Waals surface area contributed by atoms with Crippen molar-refractivity contribution in [1.29, 1.82) is 0 Å². The summed E-state index contributed by atoms with van der Waals surface area (Å²) in [4.78, 5) is 26.1. The Kier molecular flexibility index (Phi) is 5.97.